The van der Waals surface area contributed by atoms with Crippen LogP contribution in [0.5, 0.6) is 5.75 Å². The number of benzene rings is 1. The zero-order valence-electron chi connectivity index (χ0n) is 11.8. The number of sulfonamides is 1. The quantitative estimate of drug-likeness (QED) is 0.714. The molecular weight excluding hydrogens is 276 g/mol. The monoisotopic (exact) mass is 298 g/mol. The standard InChI is InChI=1S/C14H22N2O3S/c1-15-10-3-11-19-13-6-8-14(9-7-13)20(17,18)16-12-4-2-5-12/h6-9,12,15-16H,2-5,10-11H2,1H3. The Morgan fingerprint density at radius 2 is 1.95 bits per heavy atom. The Labute approximate surface area is 120 Å². The van der Waals surface area contributed by atoms with E-state index in [1.165, 1.54) is 0 Å². The summed E-state index contributed by atoms with van der Waals surface area (Å²) in [4.78, 5) is 0.298. The van der Waals surface area contributed by atoms with Gasteiger partial charge < -0.3 is 10.1 Å². The fourth-order valence-corrected chi connectivity index (χ4v) is 3.27. The summed E-state index contributed by atoms with van der Waals surface area (Å²) in [6.07, 6.45) is 3.89. The van der Waals surface area contributed by atoms with Gasteiger partial charge in [-0.05, 0) is 57.1 Å². The summed E-state index contributed by atoms with van der Waals surface area (Å²) in [6, 6.07) is 6.70. The van der Waals surface area contributed by atoms with Crippen LogP contribution in [0.2, 0.25) is 0 Å². The molecule has 0 radical (unpaired) electrons. The van der Waals surface area contributed by atoms with E-state index in [0.29, 0.717) is 17.3 Å². The van der Waals surface area contributed by atoms with Gasteiger partial charge in [0.25, 0.3) is 0 Å². The molecular formula is C14H22N2O3S. The Balaban J connectivity index is 1.89. The second-order valence-corrected chi connectivity index (χ2v) is 6.74. The maximum atomic E-state index is 12.1. The van der Waals surface area contributed by atoms with Crippen LogP contribution in [-0.2, 0) is 10.0 Å². The topological polar surface area (TPSA) is 67.4 Å². The Morgan fingerprint density at radius 3 is 2.50 bits per heavy atom. The molecule has 0 spiro atoms. The molecule has 20 heavy (non-hydrogen) atoms. The molecule has 1 fully saturated rings. The molecule has 1 saturated carbocycles. The largest absolute Gasteiger partial charge is 0.494 e. The van der Waals surface area contributed by atoms with Gasteiger partial charge in [-0.3, -0.25) is 0 Å². The van der Waals surface area contributed by atoms with Crippen LogP contribution >= 0.6 is 0 Å². The second kappa shape index (κ2) is 7.06. The van der Waals surface area contributed by atoms with Crippen LogP contribution in [0.15, 0.2) is 29.2 Å². The van der Waals surface area contributed by atoms with Gasteiger partial charge in [-0.1, -0.05) is 6.42 Å². The first-order valence-electron chi connectivity index (χ1n) is 7.01. The van der Waals surface area contributed by atoms with Crippen molar-refractivity contribution in [1.82, 2.24) is 10.0 Å². The third-order valence-corrected chi connectivity index (χ3v) is 4.94. The van der Waals surface area contributed by atoms with Crippen molar-refractivity contribution in [2.45, 2.75) is 36.6 Å². The Morgan fingerprint density at radius 1 is 1.25 bits per heavy atom. The molecule has 1 aromatic carbocycles. The van der Waals surface area contributed by atoms with Crippen LogP contribution in [-0.4, -0.2) is 34.7 Å². The smallest absolute Gasteiger partial charge is 0.240 e. The molecule has 6 heteroatoms. The summed E-state index contributed by atoms with van der Waals surface area (Å²) in [5.41, 5.74) is 0. The highest BCUT2D eigenvalue weighted by Crippen LogP contribution is 2.22. The highest BCUT2D eigenvalue weighted by atomic mass is 32.2. The molecule has 0 saturated heterocycles. The van der Waals surface area contributed by atoms with E-state index in [9.17, 15) is 8.42 Å². The lowest BCUT2D eigenvalue weighted by molar-refractivity contribution is 0.309. The molecule has 5 nitrogen and oxygen atoms in total. The Bertz CT molecular complexity index is 510. The maximum absolute atomic E-state index is 12.1. The zero-order chi connectivity index (χ0) is 14.4. The average molecular weight is 298 g/mol. The molecule has 1 aliphatic carbocycles. The molecule has 2 N–H and O–H groups in total. The summed E-state index contributed by atoms with van der Waals surface area (Å²) in [5.74, 6) is 0.698. The molecule has 0 heterocycles. The SMILES string of the molecule is CNCCCOc1ccc(S(=O)(=O)NC2CCC2)cc1. The first kappa shape index (κ1) is 15.3. The molecule has 0 bridgehead atoms. The van der Waals surface area contributed by atoms with Crippen molar-refractivity contribution in [3.63, 3.8) is 0 Å². The molecule has 0 unspecified atom stereocenters. The lowest BCUT2D eigenvalue weighted by atomic mass is 9.94. The molecule has 1 aromatic rings. The maximum Gasteiger partial charge on any atom is 0.240 e. The van der Waals surface area contributed by atoms with Crippen molar-refractivity contribution in [1.29, 1.82) is 0 Å². The van der Waals surface area contributed by atoms with E-state index in [4.69, 9.17) is 4.74 Å². The van der Waals surface area contributed by atoms with Gasteiger partial charge in [-0.2, -0.15) is 0 Å². The number of hydrogen-bond acceptors (Lipinski definition) is 4. The summed E-state index contributed by atoms with van der Waals surface area (Å²) < 4.78 is 32.4. The molecule has 0 amide bonds. The summed E-state index contributed by atoms with van der Waals surface area (Å²) in [7, 11) is -1.48. The van der Waals surface area contributed by atoms with Crippen LogP contribution in [0, 0.1) is 0 Å². The van der Waals surface area contributed by atoms with Gasteiger partial charge in [0.1, 0.15) is 5.75 Å². The normalized spacial score (nSPS) is 15.8. The van der Waals surface area contributed by atoms with E-state index in [1.54, 1.807) is 24.3 Å². The molecule has 112 valence electrons. The van der Waals surface area contributed by atoms with Gasteiger partial charge >= 0.3 is 0 Å². The first-order chi connectivity index (χ1) is 9.62. The highest BCUT2D eigenvalue weighted by molar-refractivity contribution is 7.89. The van der Waals surface area contributed by atoms with E-state index in [0.717, 1.165) is 32.2 Å². The van der Waals surface area contributed by atoms with E-state index < -0.39 is 10.0 Å². The minimum atomic E-state index is -3.38. The molecule has 0 aliphatic heterocycles. The van der Waals surface area contributed by atoms with Gasteiger partial charge in [-0.25, -0.2) is 13.1 Å². The molecule has 0 atom stereocenters. The minimum Gasteiger partial charge on any atom is -0.494 e. The van der Waals surface area contributed by atoms with Crippen LogP contribution < -0.4 is 14.8 Å². The van der Waals surface area contributed by atoms with Gasteiger partial charge in [0.15, 0.2) is 0 Å². The second-order valence-electron chi connectivity index (χ2n) is 5.03. The van der Waals surface area contributed by atoms with E-state index >= 15 is 0 Å². The van der Waals surface area contributed by atoms with E-state index in [2.05, 4.69) is 10.0 Å². The first-order valence-corrected chi connectivity index (χ1v) is 8.50. The number of hydrogen-bond donors (Lipinski definition) is 2. The zero-order valence-corrected chi connectivity index (χ0v) is 12.6. The van der Waals surface area contributed by atoms with Crippen molar-refractivity contribution in [2.75, 3.05) is 20.2 Å². The molecule has 1 aliphatic rings. The third kappa shape index (κ3) is 4.19. The van der Waals surface area contributed by atoms with Crippen molar-refractivity contribution in [3.8, 4) is 5.75 Å². The third-order valence-electron chi connectivity index (χ3n) is 3.40. The fourth-order valence-electron chi connectivity index (χ4n) is 1.97. The summed E-state index contributed by atoms with van der Waals surface area (Å²) >= 11 is 0. The van der Waals surface area contributed by atoms with Crippen molar-refractivity contribution < 1.29 is 13.2 Å². The Kier molecular flexibility index (Phi) is 5.39. The van der Waals surface area contributed by atoms with Gasteiger partial charge in [0, 0.05) is 6.04 Å². The van der Waals surface area contributed by atoms with Crippen molar-refractivity contribution >= 4 is 10.0 Å². The predicted octanol–water partition coefficient (Wildman–Crippen LogP) is 1.51. The number of nitrogens with one attached hydrogen (secondary N) is 2. The van der Waals surface area contributed by atoms with Crippen molar-refractivity contribution in [3.05, 3.63) is 24.3 Å². The van der Waals surface area contributed by atoms with E-state index in [1.807, 2.05) is 7.05 Å². The fraction of sp³-hybridized carbons (Fsp3) is 0.571. The highest BCUT2D eigenvalue weighted by Gasteiger charge is 2.24. The van der Waals surface area contributed by atoms with Crippen LogP contribution in [0.3, 0.4) is 0 Å². The van der Waals surface area contributed by atoms with Gasteiger partial charge in [0.05, 0.1) is 11.5 Å². The lowest BCUT2D eigenvalue weighted by Gasteiger charge is -2.26. The average Bonchev–Trinajstić information content (AvgIpc) is 2.40. The predicted molar refractivity (Wildman–Crippen MR) is 78.4 cm³/mol. The van der Waals surface area contributed by atoms with Gasteiger partial charge in [-0.15, -0.1) is 0 Å². The lowest BCUT2D eigenvalue weighted by Crippen LogP contribution is -2.39. The van der Waals surface area contributed by atoms with Gasteiger partial charge in [0.2, 0.25) is 10.0 Å². The van der Waals surface area contributed by atoms with Crippen molar-refractivity contribution in [2.24, 2.45) is 0 Å². The minimum absolute atomic E-state index is 0.109. The number of rotatable bonds is 8. The molecule has 2 rings (SSSR count). The summed E-state index contributed by atoms with van der Waals surface area (Å²) in [5, 5.41) is 3.04. The Hall–Kier alpha value is -1.11. The van der Waals surface area contributed by atoms with Crippen LogP contribution in [0.1, 0.15) is 25.7 Å². The molecule has 0 aromatic heterocycles. The van der Waals surface area contributed by atoms with Crippen LogP contribution in [0.4, 0.5) is 0 Å². The van der Waals surface area contributed by atoms with E-state index in [-0.39, 0.29) is 6.04 Å². The van der Waals surface area contributed by atoms with Crippen LogP contribution in [0.25, 0.3) is 0 Å². The summed E-state index contributed by atoms with van der Waals surface area (Å²) in [6.45, 7) is 1.52. The number of ether oxygens (including phenoxy) is 1.